The summed E-state index contributed by atoms with van der Waals surface area (Å²) < 4.78 is 52.0. The van der Waals surface area contributed by atoms with Gasteiger partial charge in [0.2, 0.25) is 12.7 Å². The van der Waals surface area contributed by atoms with Gasteiger partial charge in [0.15, 0.2) is 11.5 Å². The molecule has 0 atom stereocenters. The van der Waals surface area contributed by atoms with E-state index in [1.165, 1.54) is 11.0 Å². The number of amides is 2. The van der Waals surface area contributed by atoms with Crippen LogP contribution in [-0.4, -0.2) is 37.6 Å². The maximum Gasteiger partial charge on any atom is 0.416 e. The van der Waals surface area contributed by atoms with Gasteiger partial charge in [0.05, 0.1) is 11.0 Å². The molecule has 1 saturated carbocycles. The number of nitrogens with zero attached hydrogens (tertiary/aromatic N) is 1. The first-order valence-electron chi connectivity index (χ1n) is 11.3. The molecule has 1 fully saturated rings. The Morgan fingerprint density at radius 3 is 2.39 bits per heavy atom. The van der Waals surface area contributed by atoms with Crippen molar-refractivity contribution in [2.75, 3.05) is 26.2 Å². The summed E-state index contributed by atoms with van der Waals surface area (Å²) in [5, 5.41) is 2.70. The summed E-state index contributed by atoms with van der Waals surface area (Å²) in [6.07, 6.45) is -3.49. The third-order valence-electron chi connectivity index (χ3n) is 6.48. The minimum absolute atomic E-state index is 0. The maximum absolute atomic E-state index is 13.8. The monoisotopic (exact) mass is 498 g/mol. The molecule has 9 heteroatoms. The zero-order chi connectivity index (χ0) is 25.7. The molecule has 36 heavy (non-hydrogen) atoms. The molecule has 1 aliphatic heterocycles. The Morgan fingerprint density at radius 2 is 1.69 bits per heavy atom. The van der Waals surface area contributed by atoms with Gasteiger partial charge in [0.25, 0.3) is 5.91 Å². The minimum Gasteiger partial charge on any atom is -0.454 e. The predicted octanol–water partition coefficient (Wildman–Crippen LogP) is 5.72. The normalized spacial score (nSPS) is 15.4. The molecule has 3 aromatic carbocycles. The summed E-state index contributed by atoms with van der Waals surface area (Å²) in [7, 11) is 3.20. The van der Waals surface area contributed by atoms with E-state index < -0.39 is 17.2 Å². The average Bonchev–Trinajstić information content (AvgIpc) is 3.53. The number of anilines is 1. The second kappa shape index (κ2) is 8.58. The van der Waals surface area contributed by atoms with Crippen molar-refractivity contribution in [1.82, 2.24) is 4.90 Å². The Morgan fingerprint density at radius 1 is 0.944 bits per heavy atom. The molecule has 3 aromatic rings. The first kappa shape index (κ1) is 23.7. The van der Waals surface area contributed by atoms with E-state index in [4.69, 9.17) is 9.47 Å². The first-order valence-corrected chi connectivity index (χ1v) is 11.3. The van der Waals surface area contributed by atoms with Gasteiger partial charge in [-0.3, -0.25) is 9.59 Å². The van der Waals surface area contributed by atoms with Gasteiger partial charge < -0.3 is 19.7 Å². The van der Waals surface area contributed by atoms with Crippen molar-refractivity contribution < 1.29 is 33.7 Å². The van der Waals surface area contributed by atoms with Crippen LogP contribution in [0.1, 0.15) is 35.8 Å². The smallest absolute Gasteiger partial charge is 0.416 e. The zero-order valence-electron chi connectivity index (χ0n) is 19.6. The standard InChI is InChI=1S/C27H23F3N2O4.H2/c1-32(2)24(33)17-5-3-4-16(10-17)18-11-20(27(28,29)30)13-21(12-18)31-25(34)26(8-9-26)19-6-7-22-23(14-19)36-15-35-22;/h3-7,10-14H,8-9,15H2,1-2H3,(H,31,34);1H. The van der Waals surface area contributed by atoms with E-state index in [9.17, 15) is 22.8 Å². The second-order valence-electron chi connectivity index (χ2n) is 9.18. The van der Waals surface area contributed by atoms with Gasteiger partial charge in [-0.25, -0.2) is 0 Å². The fraction of sp³-hybridized carbons (Fsp3) is 0.259. The minimum atomic E-state index is -4.62. The van der Waals surface area contributed by atoms with Crippen molar-refractivity contribution in [2.24, 2.45) is 0 Å². The molecule has 5 rings (SSSR count). The Hall–Kier alpha value is -4.01. The van der Waals surface area contributed by atoms with Gasteiger partial charge >= 0.3 is 6.18 Å². The van der Waals surface area contributed by atoms with Crippen LogP contribution < -0.4 is 14.8 Å². The fourth-order valence-electron chi connectivity index (χ4n) is 4.34. The molecule has 0 aromatic heterocycles. The third-order valence-corrected chi connectivity index (χ3v) is 6.48. The number of alkyl halides is 3. The van der Waals surface area contributed by atoms with E-state index >= 15 is 0 Å². The largest absolute Gasteiger partial charge is 0.454 e. The number of fused-ring (bicyclic) bond motifs is 1. The molecule has 0 saturated heterocycles. The summed E-state index contributed by atoms with van der Waals surface area (Å²) >= 11 is 0. The van der Waals surface area contributed by atoms with Crippen molar-refractivity contribution in [3.05, 3.63) is 77.4 Å². The van der Waals surface area contributed by atoms with Crippen LogP contribution in [-0.2, 0) is 16.4 Å². The van der Waals surface area contributed by atoms with Gasteiger partial charge in [-0.2, -0.15) is 13.2 Å². The molecule has 2 amide bonds. The summed E-state index contributed by atoms with van der Waals surface area (Å²) in [5.74, 6) is 0.479. The lowest BCUT2D eigenvalue weighted by Crippen LogP contribution is -2.28. The van der Waals surface area contributed by atoms with Crippen molar-refractivity contribution >= 4 is 17.5 Å². The van der Waals surface area contributed by atoms with E-state index in [1.807, 2.05) is 0 Å². The van der Waals surface area contributed by atoms with Crippen LogP contribution in [0, 0.1) is 0 Å². The van der Waals surface area contributed by atoms with Crippen molar-refractivity contribution in [2.45, 2.75) is 24.4 Å². The molecule has 0 bridgehead atoms. The van der Waals surface area contributed by atoms with Crippen LogP contribution in [0.5, 0.6) is 11.5 Å². The van der Waals surface area contributed by atoms with Gasteiger partial charge in [-0.05, 0) is 72.0 Å². The van der Waals surface area contributed by atoms with Crippen LogP contribution in [0.15, 0.2) is 60.7 Å². The number of hydrogen-bond acceptors (Lipinski definition) is 4. The lowest BCUT2D eigenvalue weighted by Gasteiger charge is -2.18. The molecule has 1 aliphatic carbocycles. The number of carbonyl (C=O) groups is 2. The molecule has 188 valence electrons. The molecular formula is C27H25F3N2O4. The zero-order valence-corrected chi connectivity index (χ0v) is 19.6. The first-order chi connectivity index (χ1) is 17.1. The Balaban J connectivity index is 0.00000320. The molecule has 1 N–H and O–H groups in total. The highest BCUT2D eigenvalue weighted by atomic mass is 19.4. The quantitative estimate of drug-likeness (QED) is 0.489. The Bertz CT molecular complexity index is 1370. The van der Waals surface area contributed by atoms with E-state index in [-0.39, 0.29) is 31.3 Å². The topological polar surface area (TPSA) is 67.9 Å². The van der Waals surface area contributed by atoms with E-state index in [2.05, 4.69) is 5.32 Å². The number of nitrogens with one attached hydrogen (secondary N) is 1. The lowest BCUT2D eigenvalue weighted by atomic mass is 9.94. The number of benzene rings is 3. The number of carbonyl (C=O) groups excluding carboxylic acids is 2. The van der Waals surface area contributed by atoms with E-state index in [1.54, 1.807) is 56.6 Å². The van der Waals surface area contributed by atoms with Gasteiger partial charge in [-0.1, -0.05) is 18.2 Å². The molecule has 2 aliphatic rings. The third kappa shape index (κ3) is 4.36. The summed E-state index contributed by atoms with van der Waals surface area (Å²) in [5.41, 5.74) is 0.0379. The molecule has 1 heterocycles. The summed E-state index contributed by atoms with van der Waals surface area (Å²) in [6, 6.07) is 15.1. The molecule has 0 unspecified atom stereocenters. The SMILES string of the molecule is CN(C)C(=O)c1cccc(-c2cc(NC(=O)C3(c4ccc5c(c4)OCO5)CC3)cc(C(F)(F)F)c2)c1.[HH]. The molecule has 6 nitrogen and oxygen atoms in total. The molecular weight excluding hydrogens is 473 g/mol. The van der Waals surface area contributed by atoms with E-state index in [0.717, 1.165) is 17.7 Å². The van der Waals surface area contributed by atoms with Crippen molar-refractivity contribution in [1.29, 1.82) is 0 Å². The second-order valence-corrected chi connectivity index (χ2v) is 9.18. The van der Waals surface area contributed by atoms with Crippen LogP contribution in [0.2, 0.25) is 0 Å². The molecule has 0 spiro atoms. The van der Waals surface area contributed by atoms with Crippen LogP contribution in [0.25, 0.3) is 11.1 Å². The van der Waals surface area contributed by atoms with Gasteiger partial charge in [-0.15, -0.1) is 0 Å². The van der Waals surface area contributed by atoms with Gasteiger partial charge in [0.1, 0.15) is 0 Å². The van der Waals surface area contributed by atoms with Crippen molar-refractivity contribution in [3.8, 4) is 22.6 Å². The highest BCUT2D eigenvalue weighted by molar-refractivity contribution is 6.02. The Kier molecular flexibility index (Phi) is 5.65. The van der Waals surface area contributed by atoms with E-state index in [0.29, 0.717) is 35.5 Å². The predicted molar refractivity (Wildman–Crippen MR) is 129 cm³/mol. The van der Waals surface area contributed by atoms with Crippen LogP contribution in [0.3, 0.4) is 0 Å². The number of ether oxygens (including phenoxy) is 2. The fourth-order valence-corrected chi connectivity index (χ4v) is 4.34. The number of hydrogen-bond donors (Lipinski definition) is 1. The summed E-state index contributed by atoms with van der Waals surface area (Å²) in [6.45, 7) is 0.104. The van der Waals surface area contributed by atoms with Crippen LogP contribution in [0.4, 0.5) is 18.9 Å². The lowest BCUT2D eigenvalue weighted by molar-refractivity contribution is -0.137. The Labute approximate surface area is 207 Å². The van der Waals surface area contributed by atoms with Crippen LogP contribution >= 0.6 is 0 Å². The average molecular weight is 499 g/mol. The number of halogens is 3. The van der Waals surface area contributed by atoms with Crippen molar-refractivity contribution in [3.63, 3.8) is 0 Å². The highest BCUT2D eigenvalue weighted by Crippen LogP contribution is 2.51. The number of rotatable bonds is 5. The maximum atomic E-state index is 13.8. The molecule has 0 radical (unpaired) electrons. The summed E-state index contributed by atoms with van der Waals surface area (Å²) in [4.78, 5) is 27.1. The van der Waals surface area contributed by atoms with Gasteiger partial charge in [0, 0.05) is 26.8 Å². The highest BCUT2D eigenvalue weighted by Gasteiger charge is 2.51.